The fraction of sp³-hybridized carbons (Fsp3) is 0.333. The Morgan fingerprint density at radius 3 is 2.38 bits per heavy atom. The summed E-state index contributed by atoms with van der Waals surface area (Å²) < 4.78 is 6.35. The molecule has 4 atom stereocenters. The maximum absolute atomic E-state index is 13.8. The molecular weight excluding hydrogens is 524 g/mol. The third kappa shape index (κ3) is 5.39. The molecule has 3 aliphatic rings. The normalized spacial score (nSPS) is 23.8. The van der Waals surface area contributed by atoms with Gasteiger partial charge >= 0.3 is 0 Å². The number of nitrogens with zero attached hydrogens (tertiary/aromatic N) is 1. The minimum atomic E-state index is -0.379. The fourth-order valence-electron chi connectivity index (χ4n) is 7.00. The molecule has 0 bridgehead atoms. The van der Waals surface area contributed by atoms with Crippen LogP contribution in [0.2, 0.25) is 0 Å². The van der Waals surface area contributed by atoms with E-state index in [4.69, 9.17) is 4.74 Å². The second-order valence-electron chi connectivity index (χ2n) is 11.7. The third-order valence-electron chi connectivity index (χ3n) is 8.94. The van der Waals surface area contributed by atoms with Gasteiger partial charge in [0.25, 0.3) is 0 Å². The third-order valence-corrected chi connectivity index (χ3v) is 8.94. The number of nitrogens with one attached hydrogen (secondary N) is 1. The van der Waals surface area contributed by atoms with Crippen LogP contribution in [0, 0.1) is 17.8 Å². The van der Waals surface area contributed by atoms with Crippen molar-refractivity contribution in [1.82, 2.24) is 0 Å². The number of hydrogen-bond donors (Lipinski definition) is 2. The van der Waals surface area contributed by atoms with Crippen molar-refractivity contribution in [1.29, 1.82) is 0 Å². The summed E-state index contributed by atoms with van der Waals surface area (Å²) in [6.45, 7) is 4.74. The number of phenolic OH excluding ortho intramolecular Hbond substituents is 1. The van der Waals surface area contributed by atoms with Crippen LogP contribution in [0.4, 0.5) is 17.1 Å². The molecule has 0 aromatic heterocycles. The van der Waals surface area contributed by atoms with Crippen LogP contribution in [0.3, 0.4) is 0 Å². The van der Waals surface area contributed by atoms with E-state index in [1.807, 2.05) is 72.8 Å². The summed E-state index contributed by atoms with van der Waals surface area (Å²) in [7, 11) is 0. The van der Waals surface area contributed by atoms with Crippen molar-refractivity contribution >= 4 is 35.0 Å². The van der Waals surface area contributed by atoms with Crippen molar-refractivity contribution in [2.75, 3.05) is 16.8 Å². The molecule has 3 aromatic rings. The molecule has 0 saturated carbocycles. The van der Waals surface area contributed by atoms with Gasteiger partial charge in [-0.25, -0.2) is 0 Å². The van der Waals surface area contributed by atoms with E-state index >= 15 is 0 Å². The second-order valence-corrected chi connectivity index (χ2v) is 11.7. The zero-order chi connectivity index (χ0) is 29.2. The molecule has 0 spiro atoms. The van der Waals surface area contributed by atoms with Crippen molar-refractivity contribution in [2.24, 2.45) is 17.8 Å². The lowest BCUT2D eigenvalue weighted by Gasteiger charge is -2.30. The molecule has 6 nitrogen and oxygen atoms in total. The number of phenols is 1. The van der Waals surface area contributed by atoms with Gasteiger partial charge in [-0.2, -0.15) is 0 Å². The molecular formula is C36H38N2O4. The lowest BCUT2D eigenvalue weighted by molar-refractivity contribution is -0.122. The molecule has 6 rings (SSSR count). The quantitative estimate of drug-likeness (QED) is 0.207. The minimum absolute atomic E-state index is 0.0547. The minimum Gasteiger partial charge on any atom is -0.507 e. The monoisotopic (exact) mass is 562 g/mol. The number of allylic oxidation sites excluding steroid dienone is 2. The van der Waals surface area contributed by atoms with Crippen LogP contribution in [0.15, 0.2) is 95.6 Å². The number of amides is 2. The topological polar surface area (TPSA) is 78.9 Å². The van der Waals surface area contributed by atoms with Gasteiger partial charge in [0.1, 0.15) is 5.75 Å². The number of rotatable bonds is 9. The first-order valence-electron chi connectivity index (χ1n) is 15.0. The van der Waals surface area contributed by atoms with Crippen LogP contribution in [0.5, 0.6) is 5.75 Å². The molecule has 216 valence electrons. The van der Waals surface area contributed by atoms with Gasteiger partial charge in [-0.1, -0.05) is 67.0 Å². The summed E-state index contributed by atoms with van der Waals surface area (Å²) in [5, 5.41) is 13.6. The van der Waals surface area contributed by atoms with Gasteiger partial charge in [0.2, 0.25) is 11.8 Å². The number of aromatic hydroxyl groups is 1. The Kier molecular flexibility index (Phi) is 7.98. The first kappa shape index (κ1) is 28.0. The Morgan fingerprint density at radius 1 is 0.929 bits per heavy atom. The van der Waals surface area contributed by atoms with Crippen LogP contribution < -0.4 is 10.2 Å². The average molecular weight is 563 g/mol. The van der Waals surface area contributed by atoms with Crippen LogP contribution in [0.1, 0.15) is 51.5 Å². The van der Waals surface area contributed by atoms with Crippen LogP contribution in [-0.4, -0.2) is 29.6 Å². The second kappa shape index (κ2) is 12.0. The van der Waals surface area contributed by atoms with E-state index in [9.17, 15) is 14.7 Å². The zero-order valence-corrected chi connectivity index (χ0v) is 24.3. The molecule has 1 aliphatic carbocycles. The van der Waals surface area contributed by atoms with Gasteiger partial charge in [0, 0.05) is 22.9 Å². The van der Waals surface area contributed by atoms with Crippen LogP contribution in [-0.2, 0) is 14.3 Å². The van der Waals surface area contributed by atoms with E-state index < -0.39 is 0 Å². The summed E-state index contributed by atoms with van der Waals surface area (Å²) in [5.41, 5.74) is 7.02. The highest BCUT2D eigenvalue weighted by Gasteiger charge is 2.56. The highest BCUT2D eigenvalue weighted by molar-refractivity contribution is 6.22. The molecule has 2 fully saturated rings. The molecule has 2 aliphatic heterocycles. The van der Waals surface area contributed by atoms with Crippen LogP contribution >= 0.6 is 0 Å². The number of hydrogen-bond acceptors (Lipinski definition) is 5. The molecule has 2 amide bonds. The van der Waals surface area contributed by atoms with Crippen molar-refractivity contribution in [2.45, 2.75) is 52.1 Å². The predicted molar refractivity (Wildman–Crippen MR) is 166 cm³/mol. The van der Waals surface area contributed by atoms with Crippen molar-refractivity contribution in [3.05, 3.63) is 101 Å². The molecule has 42 heavy (non-hydrogen) atoms. The van der Waals surface area contributed by atoms with Crippen molar-refractivity contribution in [3.8, 4) is 5.75 Å². The van der Waals surface area contributed by atoms with E-state index in [2.05, 4.69) is 25.2 Å². The van der Waals surface area contributed by atoms with Crippen molar-refractivity contribution in [3.63, 3.8) is 0 Å². The maximum atomic E-state index is 13.8. The SMILES string of the molecule is CCC/C(=C\c1ccccc1O)CC[C@H]1OC[C@H]2C1=C(C)C[C@H]1C(=O)N(c3ccc(Nc4ccccc4)cc3)C(=O)[C@H]12. The molecule has 0 unspecified atom stereocenters. The number of carbonyl (C=O) groups is 2. The number of fused-ring (bicyclic) bond motifs is 3. The molecule has 0 radical (unpaired) electrons. The summed E-state index contributed by atoms with van der Waals surface area (Å²) in [6, 6.07) is 24.8. The van der Waals surface area contributed by atoms with Gasteiger partial charge in [0.15, 0.2) is 0 Å². The largest absolute Gasteiger partial charge is 0.507 e. The van der Waals surface area contributed by atoms with Gasteiger partial charge in [-0.3, -0.25) is 14.5 Å². The fourth-order valence-corrected chi connectivity index (χ4v) is 7.00. The van der Waals surface area contributed by atoms with Gasteiger partial charge in [-0.05, 0) is 80.6 Å². The first-order valence-corrected chi connectivity index (χ1v) is 15.0. The average Bonchev–Trinajstić information content (AvgIpc) is 3.53. The van der Waals surface area contributed by atoms with E-state index in [-0.39, 0.29) is 41.4 Å². The Balaban J connectivity index is 1.16. The summed E-state index contributed by atoms with van der Waals surface area (Å²) >= 11 is 0. The number of benzene rings is 3. The summed E-state index contributed by atoms with van der Waals surface area (Å²) in [4.78, 5) is 28.9. The van der Waals surface area contributed by atoms with Gasteiger partial charge < -0.3 is 15.2 Å². The highest BCUT2D eigenvalue weighted by Crippen LogP contribution is 2.50. The number of ether oxygens (including phenoxy) is 1. The van der Waals surface area contributed by atoms with Gasteiger partial charge in [-0.15, -0.1) is 0 Å². The number of anilines is 3. The highest BCUT2D eigenvalue weighted by atomic mass is 16.5. The summed E-state index contributed by atoms with van der Waals surface area (Å²) in [6.07, 6.45) is 6.29. The standard InChI is InChI=1S/C36H38N2O4/c1-3-9-24(21-25-10-7-8-13-31(25)39)14-19-32-33-23(2)20-29-34(30(33)22-42-32)36(41)38(35(29)40)28-17-15-27(16-18-28)37-26-11-5-4-6-12-26/h4-8,10-13,15-18,21,29-30,32,34,37,39H,3,9,14,19-20,22H2,1-2H3/b24-21+/t29-,30+,32-,34-/m1/s1. The Bertz CT molecular complexity index is 1530. The molecule has 2 saturated heterocycles. The molecule has 2 heterocycles. The zero-order valence-electron chi connectivity index (χ0n) is 24.3. The van der Waals surface area contributed by atoms with Gasteiger partial charge in [0.05, 0.1) is 30.2 Å². The lowest BCUT2D eigenvalue weighted by Crippen LogP contribution is -2.34. The molecule has 6 heteroatoms. The van der Waals surface area contributed by atoms with Crippen molar-refractivity contribution < 1.29 is 19.4 Å². The van der Waals surface area contributed by atoms with E-state index in [0.717, 1.165) is 42.6 Å². The Morgan fingerprint density at radius 2 is 1.64 bits per heavy atom. The number of carbonyl (C=O) groups excluding carboxylic acids is 2. The lowest BCUT2D eigenvalue weighted by atomic mass is 9.70. The van der Waals surface area contributed by atoms with Crippen LogP contribution in [0.25, 0.3) is 6.08 Å². The summed E-state index contributed by atoms with van der Waals surface area (Å²) in [5.74, 6) is -0.713. The Labute approximate surface area is 247 Å². The van der Waals surface area contributed by atoms with E-state index in [0.29, 0.717) is 18.7 Å². The molecule has 3 aromatic carbocycles. The molecule has 2 N–H and O–H groups in total. The number of imide groups is 1. The number of para-hydroxylation sites is 2. The van der Waals surface area contributed by atoms with E-state index in [1.165, 1.54) is 21.6 Å². The predicted octanol–water partition coefficient (Wildman–Crippen LogP) is 7.64. The maximum Gasteiger partial charge on any atom is 0.238 e. The first-order chi connectivity index (χ1) is 20.4. The smallest absolute Gasteiger partial charge is 0.238 e. The van der Waals surface area contributed by atoms with E-state index in [1.54, 1.807) is 6.07 Å². The Hall–Kier alpha value is -4.16.